The number of rotatable bonds is 8. The minimum atomic E-state index is -0.862. The van der Waals surface area contributed by atoms with Crippen LogP contribution in [0.5, 0.6) is 5.75 Å². The maximum Gasteiger partial charge on any atom is 0.200 e. The van der Waals surface area contributed by atoms with Crippen LogP contribution in [0.3, 0.4) is 0 Å². The zero-order valence-electron chi connectivity index (χ0n) is 16.8. The first-order chi connectivity index (χ1) is 13.6. The Balaban J connectivity index is 1.46. The number of benzene rings is 1. The predicted molar refractivity (Wildman–Crippen MR) is 106 cm³/mol. The van der Waals surface area contributed by atoms with Crippen molar-refractivity contribution >= 4 is 0 Å². The Morgan fingerprint density at radius 1 is 1.11 bits per heavy atom. The molecule has 0 spiro atoms. The maximum absolute atomic E-state index is 14.5. The zero-order valence-corrected chi connectivity index (χ0v) is 16.8. The molecule has 0 amide bonds. The Hall–Kier alpha value is -1.46. The molecule has 3 rings (SSSR count). The lowest BCUT2D eigenvalue weighted by molar-refractivity contribution is -0.0502. The summed E-state index contributed by atoms with van der Waals surface area (Å²) in [6.45, 7) is 7.54. The first-order valence-electron chi connectivity index (χ1n) is 10.6. The van der Waals surface area contributed by atoms with E-state index in [1.807, 2.05) is 13.0 Å². The molecule has 1 aliphatic carbocycles. The number of ether oxygens (including phenoxy) is 3. The fourth-order valence-corrected chi connectivity index (χ4v) is 4.14. The number of hydrogen-bond donors (Lipinski definition) is 0. The van der Waals surface area contributed by atoms with Crippen LogP contribution >= 0.6 is 0 Å². The van der Waals surface area contributed by atoms with Gasteiger partial charge in [-0.1, -0.05) is 19.1 Å². The molecule has 0 radical (unpaired) electrons. The molecule has 0 aromatic heterocycles. The number of hydrogen-bond acceptors (Lipinski definition) is 3. The van der Waals surface area contributed by atoms with E-state index in [0.717, 1.165) is 51.6 Å². The van der Waals surface area contributed by atoms with Crippen molar-refractivity contribution in [3.63, 3.8) is 0 Å². The van der Waals surface area contributed by atoms with E-state index in [0.29, 0.717) is 24.7 Å². The summed E-state index contributed by atoms with van der Waals surface area (Å²) >= 11 is 0. The van der Waals surface area contributed by atoms with Crippen molar-refractivity contribution in [2.75, 3.05) is 19.8 Å². The molecular formula is C23H32F2O3. The third-order valence-corrected chi connectivity index (χ3v) is 5.89. The van der Waals surface area contributed by atoms with Crippen LogP contribution < -0.4 is 4.74 Å². The highest BCUT2D eigenvalue weighted by atomic mass is 19.2. The van der Waals surface area contributed by atoms with Gasteiger partial charge in [-0.05, 0) is 62.5 Å². The third-order valence-electron chi connectivity index (χ3n) is 5.89. The van der Waals surface area contributed by atoms with Gasteiger partial charge >= 0.3 is 0 Å². The highest BCUT2D eigenvalue weighted by Crippen LogP contribution is 2.37. The molecule has 2 unspecified atom stereocenters. The maximum atomic E-state index is 14.5. The molecule has 1 saturated heterocycles. The first-order valence-corrected chi connectivity index (χ1v) is 10.6. The molecule has 0 bridgehead atoms. The average molecular weight is 395 g/mol. The normalized spacial score (nSPS) is 28.1. The summed E-state index contributed by atoms with van der Waals surface area (Å²) in [6.07, 6.45) is 8.50. The van der Waals surface area contributed by atoms with E-state index >= 15 is 0 Å². The van der Waals surface area contributed by atoms with Crippen molar-refractivity contribution in [2.45, 2.75) is 70.0 Å². The van der Waals surface area contributed by atoms with Crippen LogP contribution in [-0.4, -0.2) is 32.0 Å². The van der Waals surface area contributed by atoms with Gasteiger partial charge in [0, 0.05) is 5.92 Å². The van der Waals surface area contributed by atoms with Gasteiger partial charge in [0.15, 0.2) is 11.6 Å². The van der Waals surface area contributed by atoms with Crippen LogP contribution in [-0.2, 0) is 9.47 Å². The van der Waals surface area contributed by atoms with E-state index in [4.69, 9.17) is 14.2 Å². The van der Waals surface area contributed by atoms with Crippen molar-refractivity contribution in [1.82, 2.24) is 0 Å². The second kappa shape index (κ2) is 10.4. The molecule has 1 aromatic rings. The van der Waals surface area contributed by atoms with Crippen LogP contribution in [0.15, 0.2) is 24.8 Å². The van der Waals surface area contributed by atoms with Gasteiger partial charge in [0.2, 0.25) is 5.82 Å². The highest BCUT2D eigenvalue weighted by Gasteiger charge is 2.28. The summed E-state index contributed by atoms with van der Waals surface area (Å²) in [5.41, 5.74) is 0.468. The van der Waals surface area contributed by atoms with Crippen molar-refractivity contribution in [1.29, 1.82) is 0 Å². The lowest BCUT2D eigenvalue weighted by atomic mass is 9.82. The molecule has 2 aliphatic rings. The fourth-order valence-electron chi connectivity index (χ4n) is 4.14. The molecule has 1 saturated carbocycles. The Morgan fingerprint density at radius 3 is 2.54 bits per heavy atom. The van der Waals surface area contributed by atoms with E-state index in [1.54, 1.807) is 12.1 Å². The van der Waals surface area contributed by atoms with E-state index in [1.165, 1.54) is 0 Å². The van der Waals surface area contributed by atoms with E-state index in [2.05, 4.69) is 6.58 Å². The lowest BCUT2D eigenvalue weighted by Gasteiger charge is -2.32. The molecule has 2 fully saturated rings. The van der Waals surface area contributed by atoms with Crippen LogP contribution in [0.2, 0.25) is 0 Å². The smallest absolute Gasteiger partial charge is 0.200 e. The van der Waals surface area contributed by atoms with Gasteiger partial charge in [-0.25, -0.2) is 4.39 Å². The van der Waals surface area contributed by atoms with Gasteiger partial charge in [-0.15, -0.1) is 6.58 Å². The Bertz CT molecular complexity index is 633. The van der Waals surface area contributed by atoms with Gasteiger partial charge in [0.05, 0.1) is 32.0 Å². The molecular weight excluding hydrogens is 362 g/mol. The minimum absolute atomic E-state index is 0.00788. The molecule has 156 valence electrons. The summed E-state index contributed by atoms with van der Waals surface area (Å²) < 4.78 is 45.9. The molecule has 0 N–H and O–H groups in total. The third kappa shape index (κ3) is 5.32. The fraction of sp³-hybridized carbons (Fsp3) is 0.652. The second-order valence-corrected chi connectivity index (χ2v) is 7.99. The Morgan fingerprint density at radius 2 is 1.89 bits per heavy atom. The quantitative estimate of drug-likeness (QED) is 0.523. The van der Waals surface area contributed by atoms with Gasteiger partial charge in [-0.3, -0.25) is 0 Å². The standard InChI is InChI=1S/C23H32F2O3/c1-3-13-26-21-12-11-20(22(24)23(21)25)17-6-9-19(10-7-17)28-15-16-5-8-18(4-2)27-14-16/h4,11-12,16-19H,2-3,5-10,13-15H2,1H3. The highest BCUT2D eigenvalue weighted by molar-refractivity contribution is 5.33. The Labute approximate surface area is 167 Å². The van der Waals surface area contributed by atoms with E-state index < -0.39 is 11.6 Å². The van der Waals surface area contributed by atoms with Crippen molar-refractivity contribution in [3.05, 3.63) is 42.0 Å². The first kappa shape index (κ1) is 21.3. The molecule has 5 heteroatoms. The summed E-state index contributed by atoms with van der Waals surface area (Å²) in [7, 11) is 0. The minimum Gasteiger partial charge on any atom is -0.490 e. The number of halogens is 2. The van der Waals surface area contributed by atoms with Gasteiger partial charge in [-0.2, -0.15) is 4.39 Å². The molecule has 28 heavy (non-hydrogen) atoms. The molecule has 2 atom stereocenters. The van der Waals surface area contributed by atoms with Crippen molar-refractivity contribution < 1.29 is 23.0 Å². The van der Waals surface area contributed by atoms with Crippen molar-refractivity contribution in [2.24, 2.45) is 5.92 Å². The van der Waals surface area contributed by atoms with Gasteiger partial charge < -0.3 is 14.2 Å². The molecule has 1 heterocycles. The SMILES string of the molecule is C=CC1CCC(COC2CCC(c3ccc(OCCC)c(F)c3F)CC2)CO1. The van der Waals surface area contributed by atoms with E-state index in [9.17, 15) is 8.78 Å². The predicted octanol–water partition coefficient (Wildman–Crippen LogP) is 5.78. The monoisotopic (exact) mass is 394 g/mol. The van der Waals surface area contributed by atoms with Crippen molar-refractivity contribution in [3.8, 4) is 5.75 Å². The summed E-state index contributed by atoms with van der Waals surface area (Å²) in [5, 5.41) is 0. The van der Waals surface area contributed by atoms with Gasteiger partial charge in [0.25, 0.3) is 0 Å². The summed E-state index contributed by atoms with van der Waals surface area (Å²) in [6, 6.07) is 3.25. The molecule has 3 nitrogen and oxygen atoms in total. The zero-order chi connectivity index (χ0) is 19.9. The molecule has 1 aliphatic heterocycles. The van der Waals surface area contributed by atoms with Crippen LogP contribution in [0.4, 0.5) is 8.78 Å². The van der Waals surface area contributed by atoms with E-state index in [-0.39, 0.29) is 23.9 Å². The van der Waals surface area contributed by atoms with Crippen LogP contribution in [0, 0.1) is 17.6 Å². The topological polar surface area (TPSA) is 27.7 Å². The summed E-state index contributed by atoms with van der Waals surface area (Å²) in [4.78, 5) is 0. The summed E-state index contributed by atoms with van der Waals surface area (Å²) in [5.74, 6) is -1.13. The average Bonchev–Trinajstić information content (AvgIpc) is 2.74. The second-order valence-electron chi connectivity index (χ2n) is 7.99. The Kier molecular flexibility index (Phi) is 7.86. The largest absolute Gasteiger partial charge is 0.490 e. The van der Waals surface area contributed by atoms with Gasteiger partial charge in [0.1, 0.15) is 0 Å². The van der Waals surface area contributed by atoms with Crippen LogP contribution in [0.1, 0.15) is 63.4 Å². The lowest BCUT2D eigenvalue weighted by Crippen LogP contribution is -2.30. The molecule has 1 aromatic carbocycles. The van der Waals surface area contributed by atoms with Crippen LogP contribution in [0.25, 0.3) is 0 Å².